The molecule has 0 nitrogen and oxygen atoms in total. The number of hydrogen-bond acceptors (Lipinski definition) is 0. The molecule has 88 valence electrons. The van der Waals surface area contributed by atoms with E-state index >= 15 is 0 Å². The lowest BCUT2D eigenvalue weighted by Gasteiger charge is -2.17. The summed E-state index contributed by atoms with van der Waals surface area (Å²) in [5.41, 5.74) is -0.0663. The summed E-state index contributed by atoms with van der Waals surface area (Å²) in [6, 6.07) is 11.8. The molecular weight excluding hydrogens is 356 g/mol. The third kappa shape index (κ3) is 2.77. The average Bonchev–Trinajstić information content (AvgIpc) is 2.30. The van der Waals surface area contributed by atoms with Crippen molar-refractivity contribution in [3.63, 3.8) is 0 Å². The van der Waals surface area contributed by atoms with E-state index in [9.17, 15) is 8.78 Å². The molecule has 4 heteroatoms. The molecule has 0 N–H and O–H groups in total. The fraction of sp³-hybridized carbons (Fsp3) is 0.0769. The molecule has 0 saturated heterocycles. The van der Waals surface area contributed by atoms with Crippen LogP contribution in [0.3, 0.4) is 0 Å². The maximum absolute atomic E-state index is 14.1. The Morgan fingerprint density at radius 3 is 1.71 bits per heavy atom. The van der Waals surface area contributed by atoms with Crippen molar-refractivity contribution in [3.05, 3.63) is 68.3 Å². The third-order valence-electron chi connectivity index (χ3n) is 2.41. The van der Waals surface area contributed by atoms with E-state index in [0.717, 1.165) is 3.57 Å². The predicted molar refractivity (Wildman–Crippen MR) is 73.6 cm³/mol. The van der Waals surface area contributed by atoms with Crippen LogP contribution in [0.1, 0.15) is 11.1 Å². The quantitative estimate of drug-likeness (QED) is 0.652. The molecule has 0 aromatic heterocycles. The molecule has 0 spiro atoms. The minimum absolute atomic E-state index is 0.0137. The van der Waals surface area contributed by atoms with E-state index in [-0.39, 0.29) is 11.1 Å². The fourth-order valence-electron chi connectivity index (χ4n) is 1.49. The Kier molecular flexibility index (Phi) is 3.68. The van der Waals surface area contributed by atoms with Crippen LogP contribution in [0.5, 0.6) is 0 Å². The van der Waals surface area contributed by atoms with Crippen LogP contribution in [0, 0.1) is 3.57 Å². The van der Waals surface area contributed by atoms with Gasteiger partial charge in [0.1, 0.15) is 0 Å². The van der Waals surface area contributed by atoms with Crippen LogP contribution < -0.4 is 0 Å². The molecule has 0 aliphatic rings. The van der Waals surface area contributed by atoms with Crippen molar-refractivity contribution in [1.82, 2.24) is 0 Å². The van der Waals surface area contributed by atoms with Gasteiger partial charge in [0.15, 0.2) is 0 Å². The van der Waals surface area contributed by atoms with Crippen molar-refractivity contribution in [2.75, 3.05) is 0 Å². The molecule has 0 aliphatic carbocycles. The van der Waals surface area contributed by atoms with Crippen molar-refractivity contribution in [3.8, 4) is 0 Å². The van der Waals surface area contributed by atoms with Crippen molar-refractivity contribution in [2.24, 2.45) is 0 Å². The molecule has 2 rings (SSSR count). The second kappa shape index (κ2) is 4.90. The summed E-state index contributed by atoms with van der Waals surface area (Å²) < 4.78 is 29.1. The highest BCUT2D eigenvalue weighted by Gasteiger charge is 2.33. The van der Waals surface area contributed by atoms with Crippen LogP contribution in [0.4, 0.5) is 8.78 Å². The second-order valence-corrected chi connectivity index (χ2v) is 5.27. The van der Waals surface area contributed by atoms with Crippen LogP contribution in [-0.2, 0) is 5.92 Å². The monoisotopic (exact) mass is 364 g/mol. The summed E-state index contributed by atoms with van der Waals surface area (Å²) in [6.07, 6.45) is 0. The van der Waals surface area contributed by atoms with Crippen molar-refractivity contribution in [1.29, 1.82) is 0 Å². The van der Waals surface area contributed by atoms with Gasteiger partial charge in [-0.25, -0.2) is 0 Å². The molecule has 0 radical (unpaired) electrons. The number of hydrogen-bond donors (Lipinski definition) is 0. The zero-order valence-electron chi connectivity index (χ0n) is 8.63. The van der Waals surface area contributed by atoms with Gasteiger partial charge in [-0.3, -0.25) is 0 Å². The normalized spacial score (nSPS) is 11.5. The van der Waals surface area contributed by atoms with Gasteiger partial charge < -0.3 is 0 Å². The van der Waals surface area contributed by atoms with Gasteiger partial charge in [0.05, 0.1) is 0 Å². The highest BCUT2D eigenvalue weighted by Crippen LogP contribution is 2.36. The molecule has 2 aromatic carbocycles. The topological polar surface area (TPSA) is 0 Å². The minimum atomic E-state index is -2.99. The van der Waals surface area contributed by atoms with Gasteiger partial charge >= 0.3 is 0 Å². The van der Waals surface area contributed by atoms with Crippen LogP contribution in [0.15, 0.2) is 48.5 Å². The van der Waals surface area contributed by atoms with Gasteiger partial charge in [-0.05, 0) is 46.9 Å². The summed E-state index contributed by atoms with van der Waals surface area (Å²) in [5.74, 6) is -2.99. The smallest absolute Gasteiger partial charge is 0.196 e. The van der Waals surface area contributed by atoms with Crippen molar-refractivity contribution >= 4 is 34.2 Å². The van der Waals surface area contributed by atoms with Gasteiger partial charge in [-0.1, -0.05) is 35.9 Å². The third-order valence-corrected chi connectivity index (χ3v) is 3.38. The van der Waals surface area contributed by atoms with Crippen LogP contribution >= 0.6 is 34.2 Å². The van der Waals surface area contributed by atoms with Gasteiger partial charge in [-0.15, -0.1) is 0 Å². The molecule has 0 amide bonds. The van der Waals surface area contributed by atoms with Gasteiger partial charge in [0.2, 0.25) is 0 Å². The maximum atomic E-state index is 14.1. The van der Waals surface area contributed by atoms with E-state index in [0.29, 0.717) is 5.02 Å². The second-order valence-electron chi connectivity index (χ2n) is 3.59. The Morgan fingerprint density at radius 1 is 0.824 bits per heavy atom. The van der Waals surface area contributed by atoms with Crippen LogP contribution in [0.25, 0.3) is 0 Å². The first kappa shape index (κ1) is 12.8. The summed E-state index contributed by atoms with van der Waals surface area (Å²) in [7, 11) is 0. The highest BCUT2D eigenvalue weighted by atomic mass is 127. The Hall–Kier alpha value is -0.680. The summed E-state index contributed by atoms with van der Waals surface area (Å²) >= 11 is 7.76. The first-order chi connectivity index (χ1) is 8.00. The molecule has 17 heavy (non-hydrogen) atoms. The first-order valence-corrected chi connectivity index (χ1v) is 6.36. The lowest BCUT2D eigenvalue weighted by atomic mass is 10.0. The minimum Gasteiger partial charge on any atom is -0.196 e. The van der Waals surface area contributed by atoms with Crippen LogP contribution in [-0.4, -0.2) is 0 Å². The molecule has 0 heterocycles. The van der Waals surface area contributed by atoms with E-state index < -0.39 is 5.92 Å². The predicted octanol–water partition coefficient (Wildman–Crippen LogP) is 5.08. The Bertz CT molecular complexity index is 458. The molecule has 0 atom stereocenters. The van der Waals surface area contributed by atoms with Crippen molar-refractivity contribution in [2.45, 2.75) is 5.92 Å². The molecular formula is C13H8ClF2I. The molecule has 2 aromatic rings. The van der Waals surface area contributed by atoms with Crippen molar-refractivity contribution < 1.29 is 8.78 Å². The first-order valence-electron chi connectivity index (χ1n) is 4.90. The average molecular weight is 365 g/mol. The van der Waals surface area contributed by atoms with E-state index in [4.69, 9.17) is 11.6 Å². The van der Waals surface area contributed by atoms with E-state index in [1.165, 1.54) is 36.4 Å². The zero-order chi connectivity index (χ0) is 12.5. The summed E-state index contributed by atoms with van der Waals surface area (Å²) in [6.45, 7) is 0. The number of rotatable bonds is 2. The SMILES string of the molecule is FC(F)(c1ccc(Cl)cc1)c1ccc(I)cc1. The zero-order valence-corrected chi connectivity index (χ0v) is 11.5. The largest absolute Gasteiger partial charge is 0.298 e. The Labute approximate surface area is 117 Å². The molecule has 0 fully saturated rings. The Morgan fingerprint density at radius 2 is 1.24 bits per heavy atom. The maximum Gasteiger partial charge on any atom is 0.298 e. The molecule has 0 unspecified atom stereocenters. The van der Waals surface area contributed by atoms with Gasteiger partial charge in [-0.2, -0.15) is 8.78 Å². The van der Waals surface area contributed by atoms with E-state index in [1.54, 1.807) is 12.1 Å². The molecule has 0 saturated carbocycles. The number of benzene rings is 2. The molecule has 0 aliphatic heterocycles. The van der Waals surface area contributed by atoms with Gasteiger partial charge in [0.25, 0.3) is 5.92 Å². The lowest BCUT2D eigenvalue weighted by Crippen LogP contribution is -2.14. The van der Waals surface area contributed by atoms with E-state index in [1.807, 2.05) is 0 Å². The van der Waals surface area contributed by atoms with E-state index in [2.05, 4.69) is 22.6 Å². The molecule has 0 bridgehead atoms. The summed E-state index contributed by atoms with van der Waals surface area (Å²) in [5, 5.41) is 0.451. The lowest BCUT2D eigenvalue weighted by molar-refractivity contribution is 0.0428. The highest BCUT2D eigenvalue weighted by molar-refractivity contribution is 14.1. The number of halogens is 4. The van der Waals surface area contributed by atoms with Crippen LogP contribution in [0.2, 0.25) is 5.02 Å². The summed E-state index contributed by atoms with van der Waals surface area (Å²) in [4.78, 5) is 0. The fourth-order valence-corrected chi connectivity index (χ4v) is 1.97. The van der Waals surface area contributed by atoms with Gasteiger partial charge in [0, 0.05) is 19.7 Å². The Balaban J connectivity index is 2.41. The number of alkyl halides is 2. The standard InChI is InChI=1S/C13H8ClF2I/c14-11-5-1-9(2-6-11)13(15,16)10-3-7-12(17)8-4-10/h1-8H.